The maximum absolute atomic E-state index is 13.0. The van der Waals surface area contributed by atoms with Crippen molar-refractivity contribution in [3.8, 4) is 0 Å². The van der Waals surface area contributed by atoms with Crippen molar-refractivity contribution in [1.82, 2.24) is 4.90 Å². The van der Waals surface area contributed by atoms with Gasteiger partial charge in [0.1, 0.15) is 6.04 Å². The van der Waals surface area contributed by atoms with Crippen LogP contribution in [-0.2, 0) is 27.2 Å². The zero-order chi connectivity index (χ0) is 20.8. The van der Waals surface area contributed by atoms with Crippen molar-refractivity contribution < 1.29 is 14.3 Å². The fourth-order valence-corrected chi connectivity index (χ4v) is 3.50. The molecule has 1 atom stereocenters. The van der Waals surface area contributed by atoms with E-state index in [1.165, 1.54) is 10.5 Å². The van der Waals surface area contributed by atoms with Crippen LogP contribution in [0.5, 0.6) is 0 Å². The maximum Gasteiger partial charge on any atom is 0.329 e. The van der Waals surface area contributed by atoms with Crippen LogP contribution in [0.3, 0.4) is 0 Å². The van der Waals surface area contributed by atoms with Crippen molar-refractivity contribution in [3.05, 3.63) is 69.8 Å². The van der Waals surface area contributed by atoms with Gasteiger partial charge < -0.3 is 9.64 Å². The minimum Gasteiger partial charge on any atom is -0.464 e. The molecule has 150 valence electrons. The summed E-state index contributed by atoms with van der Waals surface area (Å²) in [6.07, 6.45) is 0.714. The molecule has 0 aliphatic heterocycles. The molecular formula is C24H31NO3. The van der Waals surface area contributed by atoms with Crippen LogP contribution in [0, 0.1) is 27.7 Å². The minimum atomic E-state index is -0.638. The van der Waals surface area contributed by atoms with Crippen molar-refractivity contribution in [2.24, 2.45) is 0 Å². The molecule has 28 heavy (non-hydrogen) atoms. The Morgan fingerprint density at radius 2 is 1.54 bits per heavy atom. The fraction of sp³-hybridized carbons (Fsp3) is 0.417. The van der Waals surface area contributed by atoms with E-state index in [-0.39, 0.29) is 18.3 Å². The summed E-state index contributed by atoms with van der Waals surface area (Å²) in [6.45, 7) is 10.2. The molecule has 0 N–H and O–H groups in total. The van der Waals surface area contributed by atoms with Gasteiger partial charge in [0.2, 0.25) is 5.91 Å². The van der Waals surface area contributed by atoms with E-state index in [0.717, 1.165) is 27.8 Å². The van der Waals surface area contributed by atoms with Crippen molar-refractivity contribution in [2.75, 3.05) is 13.7 Å². The number of likely N-dealkylation sites (N-methyl/N-ethyl adjacent to an activating group) is 1. The average molecular weight is 382 g/mol. The van der Waals surface area contributed by atoms with Gasteiger partial charge in [-0.2, -0.15) is 0 Å². The molecule has 0 aliphatic rings. The Balaban J connectivity index is 2.23. The second kappa shape index (κ2) is 9.54. The molecule has 2 aromatic carbocycles. The third-order valence-corrected chi connectivity index (χ3v) is 5.14. The van der Waals surface area contributed by atoms with E-state index in [1.807, 2.05) is 45.0 Å². The SMILES string of the molecule is CCOC(=O)C(Cc1ccc(C)cc1)N(C)C(=O)Cc1c(C)cc(C)cc1C. The minimum absolute atomic E-state index is 0.0831. The first-order valence-electron chi connectivity index (χ1n) is 9.77. The molecule has 0 saturated carbocycles. The van der Waals surface area contributed by atoms with Gasteiger partial charge in [-0.3, -0.25) is 4.79 Å². The molecule has 4 heteroatoms. The topological polar surface area (TPSA) is 46.6 Å². The van der Waals surface area contributed by atoms with Gasteiger partial charge in [-0.15, -0.1) is 0 Å². The maximum atomic E-state index is 13.0. The van der Waals surface area contributed by atoms with E-state index in [1.54, 1.807) is 14.0 Å². The summed E-state index contributed by atoms with van der Waals surface area (Å²) in [4.78, 5) is 27.1. The third-order valence-electron chi connectivity index (χ3n) is 5.14. The quantitative estimate of drug-likeness (QED) is 0.679. The lowest BCUT2D eigenvalue weighted by Crippen LogP contribution is -2.45. The second-order valence-corrected chi connectivity index (χ2v) is 7.52. The van der Waals surface area contributed by atoms with Gasteiger partial charge in [-0.25, -0.2) is 4.79 Å². The summed E-state index contributed by atoms with van der Waals surface area (Å²) in [7, 11) is 1.69. The predicted molar refractivity (Wildman–Crippen MR) is 112 cm³/mol. The van der Waals surface area contributed by atoms with Gasteiger partial charge in [-0.1, -0.05) is 47.5 Å². The van der Waals surface area contributed by atoms with Crippen LogP contribution in [0.4, 0.5) is 0 Å². The van der Waals surface area contributed by atoms with Crippen LogP contribution >= 0.6 is 0 Å². The Bertz CT molecular complexity index is 816. The molecule has 0 spiro atoms. The van der Waals surface area contributed by atoms with Crippen LogP contribution in [0.2, 0.25) is 0 Å². The first kappa shape index (κ1) is 21.7. The number of nitrogens with zero attached hydrogens (tertiary/aromatic N) is 1. The normalized spacial score (nSPS) is 11.8. The molecule has 2 aromatic rings. The number of aryl methyl sites for hydroxylation is 4. The molecule has 0 fully saturated rings. The number of benzene rings is 2. The Morgan fingerprint density at radius 3 is 2.07 bits per heavy atom. The van der Waals surface area contributed by atoms with Crippen LogP contribution in [0.15, 0.2) is 36.4 Å². The van der Waals surface area contributed by atoms with Gasteiger partial charge in [-0.05, 0) is 56.9 Å². The number of rotatable bonds is 7. The van der Waals surface area contributed by atoms with Crippen molar-refractivity contribution in [2.45, 2.75) is 53.5 Å². The van der Waals surface area contributed by atoms with Gasteiger partial charge >= 0.3 is 5.97 Å². The summed E-state index contributed by atoms with van der Waals surface area (Å²) in [6, 6.07) is 11.6. The zero-order valence-corrected chi connectivity index (χ0v) is 17.8. The number of carbonyl (C=O) groups excluding carboxylic acids is 2. The molecule has 0 bridgehead atoms. The van der Waals surface area contributed by atoms with Crippen molar-refractivity contribution in [1.29, 1.82) is 0 Å². The highest BCUT2D eigenvalue weighted by molar-refractivity contribution is 5.86. The highest BCUT2D eigenvalue weighted by Crippen LogP contribution is 2.19. The van der Waals surface area contributed by atoms with Crippen molar-refractivity contribution in [3.63, 3.8) is 0 Å². The Hall–Kier alpha value is -2.62. The van der Waals surface area contributed by atoms with E-state index in [0.29, 0.717) is 13.0 Å². The van der Waals surface area contributed by atoms with E-state index in [4.69, 9.17) is 4.74 Å². The first-order valence-corrected chi connectivity index (χ1v) is 9.77. The van der Waals surface area contributed by atoms with Crippen LogP contribution < -0.4 is 0 Å². The van der Waals surface area contributed by atoms with Gasteiger partial charge in [0.15, 0.2) is 0 Å². The predicted octanol–water partition coefficient (Wildman–Crippen LogP) is 4.10. The molecule has 0 aliphatic carbocycles. The summed E-state index contributed by atoms with van der Waals surface area (Å²) in [5.74, 6) is -0.448. The fourth-order valence-electron chi connectivity index (χ4n) is 3.50. The standard InChI is InChI=1S/C24H31NO3/c1-7-28-24(27)22(14-20-10-8-16(2)9-11-20)25(6)23(26)15-21-18(4)12-17(3)13-19(21)5/h8-13,22H,7,14-15H2,1-6H3. The highest BCUT2D eigenvalue weighted by Gasteiger charge is 2.29. The largest absolute Gasteiger partial charge is 0.464 e. The lowest BCUT2D eigenvalue weighted by atomic mass is 9.96. The number of esters is 1. The Morgan fingerprint density at radius 1 is 0.964 bits per heavy atom. The van der Waals surface area contributed by atoms with Crippen LogP contribution in [0.1, 0.15) is 40.3 Å². The number of carbonyl (C=O) groups is 2. The molecule has 0 radical (unpaired) electrons. The summed E-state index contributed by atoms with van der Waals surface area (Å²) < 4.78 is 5.25. The molecule has 0 saturated heterocycles. The number of hydrogen-bond acceptors (Lipinski definition) is 3. The summed E-state index contributed by atoms with van der Waals surface area (Å²) in [5.41, 5.74) is 6.58. The smallest absolute Gasteiger partial charge is 0.329 e. The first-order chi connectivity index (χ1) is 13.2. The number of ether oxygens (including phenoxy) is 1. The molecule has 0 heterocycles. The molecule has 2 rings (SSSR count). The van der Waals surface area contributed by atoms with Gasteiger partial charge in [0.05, 0.1) is 13.0 Å². The van der Waals surface area contributed by atoms with E-state index in [2.05, 4.69) is 19.1 Å². The molecule has 1 unspecified atom stereocenters. The van der Waals surface area contributed by atoms with Crippen molar-refractivity contribution >= 4 is 11.9 Å². The number of amides is 1. The van der Waals surface area contributed by atoms with E-state index in [9.17, 15) is 9.59 Å². The number of hydrogen-bond donors (Lipinski definition) is 0. The molecular weight excluding hydrogens is 350 g/mol. The summed E-state index contributed by atoms with van der Waals surface area (Å²) in [5, 5.41) is 0. The monoisotopic (exact) mass is 381 g/mol. The Kier molecular flexibility index (Phi) is 7.38. The average Bonchev–Trinajstić information content (AvgIpc) is 2.63. The van der Waals surface area contributed by atoms with Crippen LogP contribution in [-0.4, -0.2) is 36.5 Å². The van der Waals surface area contributed by atoms with Gasteiger partial charge in [0, 0.05) is 13.5 Å². The van der Waals surface area contributed by atoms with Gasteiger partial charge in [0.25, 0.3) is 0 Å². The van der Waals surface area contributed by atoms with E-state index < -0.39 is 6.04 Å². The summed E-state index contributed by atoms with van der Waals surface area (Å²) >= 11 is 0. The van der Waals surface area contributed by atoms with E-state index >= 15 is 0 Å². The second-order valence-electron chi connectivity index (χ2n) is 7.52. The molecule has 0 aromatic heterocycles. The molecule has 4 nitrogen and oxygen atoms in total. The highest BCUT2D eigenvalue weighted by atomic mass is 16.5. The third kappa shape index (κ3) is 5.44. The Labute approximate surface area is 168 Å². The lowest BCUT2D eigenvalue weighted by molar-refractivity contribution is -0.153. The van der Waals surface area contributed by atoms with Crippen LogP contribution in [0.25, 0.3) is 0 Å². The lowest BCUT2D eigenvalue weighted by Gasteiger charge is -2.27. The molecule has 1 amide bonds. The zero-order valence-electron chi connectivity index (χ0n) is 17.8.